The van der Waals surface area contributed by atoms with Crippen LogP contribution < -0.4 is 9.62 Å². The quantitative estimate of drug-likeness (QED) is 0.347. The number of carbonyl (C=O) groups excluding carboxylic acids is 2. The molecule has 2 amide bonds. The van der Waals surface area contributed by atoms with Gasteiger partial charge < -0.3 is 10.2 Å². The Balaban J connectivity index is 2.05. The fourth-order valence-corrected chi connectivity index (χ4v) is 5.35. The molecule has 0 aliphatic rings. The maximum absolute atomic E-state index is 13.8. The van der Waals surface area contributed by atoms with E-state index in [2.05, 4.69) is 21.2 Å². The summed E-state index contributed by atoms with van der Waals surface area (Å²) in [7, 11) is -2.44. The van der Waals surface area contributed by atoms with E-state index in [4.69, 9.17) is 23.2 Å². The molecule has 1 atom stereocenters. The van der Waals surface area contributed by atoms with Gasteiger partial charge in [0.05, 0.1) is 22.0 Å². The number of amides is 2. The molecule has 0 heterocycles. The molecule has 37 heavy (non-hydrogen) atoms. The molecule has 0 saturated carbocycles. The van der Waals surface area contributed by atoms with Crippen molar-refractivity contribution in [3.05, 3.63) is 98.4 Å². The van der Waals surface area contributed by atoms with Gasteiger partial charge in [-0.05, 0) is 35.4 Å². The predicted molar refractivity (Wildman–Crippen MR) is 151 cm³/mol. The van der Waals surface area contributed by atoms with Crippen LogP contribution in [-0.4, -0.2) is 51.0 Å². The van der Waals surface area contributed by atoms with E-state index in [-0.39, 0.29) is 34.6 Å². The second-order valence-electron chi connectivity index (χ2n) is 8.31. The van der Waals surface area contributed by atoms with E-state index in [1.807, 2.05) is 54.6 Å². The Bertz CT molecular complexity index is 1360. The molecule has 3 aromatic rings. The van der Waals surface area contributed by atoms with Gasteiger partial charge in [0.25, 0.3) is 0 Å². The van der Waals surface area contributed by atoms with Crippen LogP contribution in [0.5, 0.6) is 0 Å². The number of carbonyl (C=O) groups is 2. The molecular formula is C26H26BrCl2N3O4S. The highest BCUT2D eigenvalue weighted by Crippen LogP contribution is 2.33. The fourth-order valence-electron chi connectivity index (χ4n) is 3.79. The Kier molecular flexibility index (Phi) is 10.0. The summed E-state index contributed by atoms with van der Waals surface area (Å²) in [6.07, 6.45) is 1.22. The zero-order chi connectivity index (χ0) is 27.2. The maximum atomic E-state index is 13.8. The molecule has 0 saturated heterocycles. The van der Waals surface area contributed by atoms with Crippen molar-refractivity contribution in [3.8, 4) is 0 Å². The third-order valence-corrected chi connectivity index (χ3v) is 8.13. The van der Waals surface area contributed by atoms with Gasteiger partial charge in [0.1, 0.15) is 12.6 Å². The number of rotatable bonds is 10. The number of hydrogen-bond donors (Lipinski definition) is 1. The van der Waals surface area contributed by atoms with Gasteiger partial charge in [0.2, 0.25) is 21.8 Å². The van der Waals surface area contributed by atoms with Crippen LogP contribution in [0.15, 0.2) is 77.3 Å². The van der Waals surface area contributed by atoms with Crippen LogP contribution in [-0.2, 0) is 32.6 Å². The third-order valence-electron chi connectivity index (χ3n) is 5.66. The first kappa shape index (κ1) is 29.0. The first-order chi connectivity index (χ1) is 17.5. The molecule has 0 unspecified atom stereocenters. The lowest BCUT2D eigenvalue weighted by Crippen LogP contribution is -2.52. The number of benzene rings is 3. The Hall–Kier alpha value is -2.59. The lowest BCUT2D eigenvalue weighted by Gasteiger charge is -2.33. The summed E-state index contributed by atoms with van der Waals surface area (Å²) >= 11 is 15.8. The van der Waals surface area contributed by atoms with Gasteiger partial charge in [-0.1, -0.05) is 87.7 Å². The molecule has 0 spiro atoms. The van der Waals surface area contributed by atoms with Crippen LogP contribution in [0.3, 0.4) is 0 Å². The molecule has 0 aliphatic carbocycles. The molecule has 1 N–H and O–H groups in total. The lowest BCUT2D eigenvalue weighted by molar-refractivity contribution is -0.139. The van der Waals surface area contributed by atoms with Crippen LogP contribution in [0.25, 0.3) is 0 Å². The van der Waals surface area contributed by atoms with Crippen LogP contribution in [0.4, 0.5) is 5.69 Å². The van der Waals surface area contributed by atoms with E-state index in [0.717, 1.165) is 26.2 Å². The molecular weight excluding hydrogens is 601 g/mol. The minimum atomic E-state index is -3.94. The fraction of sp³-hybridized carbons (Fsp3) is 0.231. The van der Waals surface area contributed by atoms with Crippen molar-refractivity contribution in [3.63, 3.8) is 0 Å². The lowest BCUT2D eigenvalue weighted by atomic mass is 10.0. The summed E-state index contributed by atoms with van der Waals surface area (Å²) in [6.45, 7) is -0.490. The topological polar surface area (TPSA) is 86.8 Å². The Labute approximate surface area is 235 Å². The summed E-state index contributed by atoms with van der Waals surface area (Å²) in [5, 5.41) is 2.80. The van der Waals surface area contributed by atoms with E-state index < -0.39 is 28.5 Å². The summed E-state index contributed by atoms with van der Waals surface area (Å²) in [5.74, 6) is -0.949. The average molecular weight is 627 g/mol. The Morgan fingerprint density at radius 1 is 0.946 bits per heavy atom. The molecule has 3 aromatic carbocycles. The van der Waals surface area contributed by atoms with Crippen molar-refractivity contribution < 1.29 is 18.0 Å². The number of nitrogens with one attached hydrogen (secondary N) is 1. The van der Waals surface area contributed by atoms with Gasteiger partial charge in [-0.2, -0.15) is 0 Å². The first-order valence-corrected chi connectivity index (χ1v) is 14.6. The highest BCUT2D eigenvalue weighted by atomic mass is 79.9. The van der Waals surface area contributed by atoms with E-state index in [9.17, 15) is 18.0 Å². The largest absolute Gasteiger partial charge is 0.357 e. The number of sulfonamides is 1. The average Bonchev–Trinajstić information content (AvgIpc) is 2.87. The highest BCUT2D eigenvalue weighted by Gasteiger charge is 2.33. The summed E-state index contributed by atoms with van der Waals surface area (Å²) in [4.78, 5) is 28.3. The molecule has 0 fully saturated rings. The second-order valence-corrected chi connectivity index (χ2v) is 11.9. The van der Waals surface area contributed by atoms with Gasteiger partial charge >= 0.3 is 0 Å². The van der Waals surface area contributed by atoms with Gasteiger partial charge in [-0.25, -0.2) is 8.42 Å². The molecule has 196 valence electrons. The summed E-state index contributed by atoms with van der Waals surface area (Å²) in [5.41, 5.74) is 1.70. The van der Waals surface area contributed by atoms with Crippen LogP contribution in [0.1, 0.15) is 11.1 Å². The van der Waals surface area contributed by atoms with Crippen molar-refractivity contribution in [1.82, 2.24) is 10.2 Å². The van der Waals surface area contributed by atoms with Gasteiger partial charge in [-0.3, -0.25) is 13.9 Å². The van der Waals surface area contributed by atoms with E-state index in [1.54, 1.807) is 6.07 Å². The molecule has 0 radical (unpaired) electrons. The van der Waals surface area contributed by atoms with Crippen molar-refractivity contribution >= 4 is 66.7 Å². The van der Waals surface area contributed by atoms with Gasteiger partial charge in [-0.15, -0.1) is 0 Å². The van der Waals surface area contributed by atoms with E-state index in [1.165, 1.54) is 24.1 Å². The van der Waals surface area contributed by atoms with Crippen molar-refractivity contribution in [2.45, 2.75) is 19.0 Å². The van der Waals surface area contributed by atoms with Crippen LogP contribution in [0, 0.1) is 0 Å². The smallest absolute Gasteiger partial charge is 0.244 e. The SMILES string of the molecule is CNC(=O)[C@@H](Cc1ccccc1)N(Cc1ccc(Br)cc1)C(=O)CN(c1cccc(Cl)c1Cl)S(C)(=O)=O. The molecule has 7 nitrogen and oxygen atoms in total. The van der Waals surface area contributed by atoms with Crippen LogP contribution in [0.2, 0.25) is 10.0 Å². The maximum Gasteiger partial charge on any atom is 0.244 e. The normalized spacial score (nSPS) is 12.0. The molecule has 0 aromatic heterocycles. The van der Waals surface area contributed by atoms with E-state index >= 15 is 0 Å². The number of hydrogen-bond acceptors (Lipinski definition) is 4. The molecule has 3 rings (SSSR count). The second kappa shape index (κ2) is 12.8. The number of halogens is 3. The zero-order valence-corrected chi connectivity index (χ0v) is 24.1. The zero-order valence-electron chi connectivity index (χ0n) is 20.2. The Morgan fingerprint density at radius 3 is 2.19 bits per heavy atom. The van der Waals surface area contributed by atoms with Gasteiger partial charge in [0, 0.05) is 24.5 Å². The van der Waals surface area contributed by atoms with Gasteiger partial charge in [0.15, 0.2) is 0 Å². The number of anilines is 1. The summed E-state index contributed by atoms with van der Waals surface area (Å²) in [6, 6.07) is 20.3. The van der Waals surface area contributed by atoms with Crippen molar-refractivity contribution in [2.75, 3.05) is 24.2 Å². The summed E-state index contributed by atoms with van der Waals surface area (Å²) < 4.78 is 27.3. The number of likely N-dealkylation sites (N-methyl/N-ethyl adjacent to an activating group) is 1. The van der Waals surface area contributed by atoms with Crippen molar-refractivity contribution in [2.24, 2.45) is 0 Å². The van der Waals surface area contributed by atoms with Crippen molar-refractivity contribution in [1.29, 1.82) is 0 Å². The highest BCUT2D eigenvalue weighted by molar-refractivity contribution is 9.10. The number of nitrogens with zero attached hydrogens (tertiary/aromatic N) is 2. The molecule has 0 bridgehead atoms. The third kappa shape index (κ3) is 7.70. The first-order valence-electron chi connectivity index (χ1n) is 11.2. The van der Waals surface area contributed by atoms with E-state index in [0.29, 0.717) is 0 Å². The minimum Gasteiger partial charge on any atom is -0.357 e. The molecule has 0 aliphatic heterocycles. The molecule has 11 heteroatoms. The minimum absolute atomic E-state index is 0.00832. The Morgan fingerprint density at radius 2 is 1.59 bits per heavy atom. The monoisotopic (exact) mass is 625 g/mol. The standard InChI is InChI=1S/C26H26BrCl2N3O4S/c1-30-26(34)23(15-18-7-4-3-5-8-18)31(16-19-11-13-20(27)14-12-19)24(33)17-32(37(2,35)36)22-10-6-9-21(28)25(22)29/h3-14,23H,15-17H2,1-2H3,(H,30,34)/t23-/m1/s1. The predicted octanol–water partition coefficient (Wildman–Crippen LogP) is 4.91. The van der Waals surface area contributed by atoms with Crippen LogP contribution >= 0.6 is 39.1 Å².